The molecule has 0 saturated heterocycles. The molecule has 1 heterocycles. The van der Waals surface area contributed by atoms with Crippen LogP contribution in [-0.2, 0) is 13.7 Å². The summed E-state index contributed by atoms with van der Waals surface area (Å²) in [7, 11) is 1.57. The van der Waals surface area contributed by atoms with Gasteiger partial charge in [-0.25, -0.2) is 4.79 Å². The predicted molar refractivity (Wildman–Crippen MR) is 103 cm³/mol. The minimum atomic E-state index is -0.297. The van der Waals surface area contributed by atoms with Crippen LogP contribution in [0.3, 0.4) is 0 Å². The van der Waals surface area contributed by atoms with Crippen LogP contribution < -0.4 is 10.4 Å². The lowest BCUT2D eigenvalue weighted by molar-refractivity contribution is 0.305. The van der Waals surface area contributed by atoms with E-state index in [1.165, 1.54) is 9.36 Å². The SMILES string of the molecule is Cn1nnn(-c2ccccc2COc2ccc(-c3ccccc3)cc2)c1=O. The van der Waals surface area contributed by atoms with Gasteiger partial charge in [0, 0.05) is 12.6 Å². The smallest absolute Gasteiger partial charge is 0.368 e. The molecule has 3 aromatic carbocycles. The molecule has 27 heavy (non-hydrogen) atoms. The number of aromatic nitrogens is 4. The van der Waals surface area contributed by atoms with E-state index in [1.54, 1.807) is 7.05 Å². The Morgan fingerprint density at radius 3 is 2.19 bits per heavy atom. The number of aryl methyl sites for hydroxylation is 1. The Kier molecular flexibility index (Phi) is 4.53. The fraction of sp³-hybridized carbons (Fsp3) is 0.0952. The standard InChI is InChI=1S/C21H18N4O2/c1-24-21(26)25(23-22-24)20-10-6-5-9-18(20)15-27-19-13-11-17(12-14-19)16-7-3-2-4-8-16/h2-14H,15H2,1H3. The molecule has 6 heteroatoms. The fourth-order valence-corrected chi connectivity index (χ4v) is 2.84. The van der Waals surface area contributed by atoms with E-state index >= 15 is 0 Å². The van der Waals surface area contributed by atoms with Crippen molar-refractivity contribution in [2.24, 2.45) is 7.05 Å². The average molecular weight is 358 g/mol. The summed E-state index contributed by atoms with van der Waals surface area (Å²) in [6.45, 7) is 0.323. The lowest BCUT2D eigenvalue weighted by atomic mass is 10.1. The third-order valence-electron chi connectivity index (χ3n) is 4.30. The van der Waals surface area contributed by atoms with Crippen LogP contribution in [0.5, 0.6) is 5.75 Å². The van der Waals surface area contributed by atoms with Crippen molar-refractivity contribution in [3.05, 3.63) is 94.9 Å². The number of hydrogen-bond acceptors (Lipinski definition) is 4. The molecular weight excluding hydrogens is 340 g/mol. The molecule has 0 spiro atoms. The highest BCUT2D eigenvalue weighted by atomic mass is 16.5. The molecule has 0 saturated carbocycles. The van der Waals surface area contributed by atoms with E-state index in [9.17, 15) is 4.79 Å². The van der Waals surface area contributed by atoms with Gasteiger partial charge in [-0.2, -0.15) is 9.36 Å². The monoisotopic (exact) mass is 358 g/mol. The molecule has 6 nitrogen and oxygen atoms in total. The molecule has 0 aliphatic carbocycles. The van der Waals surface area contributed by atoms with E-state index in [0.29, 0.717) is 12.3 Å². The van der Waals surface area contributed by atoms with Gasteiger partial charge in [-0.1, -0.05) is 60.7 Å². The number of rotatable bonds is 5. The molecule has 4 aromatic rings. The van der Waals surface area contributed by atoms with E-state index in [-0.39, 0.29) is 5.69 Å². The van der Waals surface area contributed by atoms with E-state index in [1.807, 2.05) is 66.7 Å². The Bertz CT molecular complexity index is 1100. The van der Waals surface area contributed by atoms with Gasteiger partial charge in [-0.05, 0) is 39.8 Å². The van der Waals surface area contributed by atoms with Gasteiger partial charge in [0.25, 0.3) is 0 Å². The van der Waals surface area contributed by atoms with E-state index in [4.69, 9.17) is 4.74 Å². The van der Waals surface area contributed by atoms with Gasteiger partial charge in [0.2, 0.25) is 0 Å². The first-order chi connectivity index (χ1) is 13.2. The first-order valence-corrected chi connectivity index (χ1v) is 8.58. The van der Waals surface area contributed by atoms with Crippen molar-refractivity contribution in [2.45, 2.75) is 6.61 Å². The molecule has 0 amide bonds. The van der Waals surface area contributed by atoms with Crippen LogP contribution in [-0.4, -0.2) is 19.8 Å². The van der Waals surface area contributed by atoms with Crippen molar-refractivity contribution >= 4 is 0 Å². The number of ether oxygens (including phenoxy) is 1. The zero-order valence-corrected chi connectivity index (χ0v) is 14.8. The molecule has 0 N–H and O–H groups in total. The third kappa shape index (κ3) is 3.50. The number of para-hydroxylation sites is 1. The summed E-state index contributed by atoms with van der Waals surface area (Å²) in [4.78, 5) is 12.1. The van der Waals surface area contributed by atoms with E-state index in [2.05, 4.69) is 22.6 Å². The van der Waals surface area contributed by atoms with Gasteiger partial charge in [0.05, 0.1) is 5.69 Å². The van der Waals surface area contributed by atoms with E-state index < -0.39 is 0 Å². The quantitative estimate of drug-likeness (QED) is 0.550. The Hall–Kier alpha value is -3.67. The van der Waals surface area contributed by atoms with Gasteiger partial charge >= 0.3 is 5.69 Å². The highest BCUT2D eigenvalue weighted by molar-refractivity contribution is 5.63. The molecule has 0 aliphatic heterocycles. The van der Waals surface area contributed by atoms with E-state index in [0.717, 1.165) is 22.4 Å². The van der Waals surface area contributed by atoms with Crippen LogP contribution in [0.15, 0.2) is 83.7 Å². The Morgan fingerprint density at radius 2 is 1.48 bits per heavy atom. The van der Waals surface area contributed by atoms with Crippen LogP contribution in [0.1, 0.15) is 5.56 Å². The van der Waals surface area contributed by atoms with Crippen molar-refractivity contribution < 1.29 is 4.74 Å². The first-order valence-electron chi connectivity index (χ1n) is 8.58. The van der Waals surface area contributed by atoms with Gasteiger partial charge in [-0.3, -0.25) is 0 Å². The maximum atomic E-state index is 12.1. The summed E-state index contributed by atoms with van der Waals surface area (Å²) in [5.41, 5.74) is 3.52. The van der Waals surface area contributed by atoms with Gasteiger partial charge < -0.3 is 4.74 Å². The van der Waals surface area contributed by atoms with Crippen molar-refractivity contribution in [3.63, 3.8) is 0 Å². The summed E-state index contributed by atoms with van der Waals surface area (Å²) >= 11 is 0. The second-order valence-corrected chi connectivity index (χ2v) is 6.10. The van der Waals surface area contributed by atoms with Crippen LogP contribution in [0.4, 0.5) is 0 Å². The molecule has 0 fully saturated rings. The van der Waals surface area contributed by atoms with Crippen LogP contribution in [0.25, 0.3) is 16.8 Å². The van der Waals surface area contributed by atoms with Crippen LogP contribution in [0, 0.1) is 0 Å². The lowest BCUT2D eigenvalue weighted by Crippen LogP contribution is -2.23. The van der Waals surface area contributed by atoms with Crippen molar-refractivity contribution in [2.75, 3.05) is 0 Å². The summed E-state index contributed by atoms with van der Waals surface area (Å²) in [5, 5.41) is 7.67. The third-order valence-corrected chi connectivity index (χ3v) is 4.30. The summed E-state index contributed by atoms with van der Waals surface area (Å²) < 4.78 is 8.39. The lowest BCUT2D eigenvalue weighted by Gasteiger charge is -2.10. The van der Waals surface area contributed by atoms with Gasteiger partial charge in [-0.15, -0.1) is 0 Å². The maximum Gasteiger partial charge on any atom is 0.368 e. The zero-order valence-electron chi connectivity index (χ0n) is 14.8. The summed E-state index contributed by atoms with van der Waals surface area (Å²) in [6.07, 6.45) is 0. The molecular formula is C21H18N4O2. The fourth-order valence-electron chi connectivity index (χ4n) is 2.84. The second-order valence-electron chi connectivity index (χ2n) is 6.10. The van der Waals surface area contributed by atoms with Crippen LogP contribution in [0.2, 0.25) is 0 Å². The highest BCUT2D eigenvalue weighted by Crippen LogP contribution is 2.23. The molecule has 4 rings (SSSR count). The minimum absolute atomic E-state index is 0.297. The molecule has 0 radical (unpaired) electrons. The largest absolute Gasteiger partial charge is 0.489 e. The van der Waals surface area contributed by atoms with Gasteiger partial charge in [0.15, 0.2) is 0 Å². The maximum absolute atomic E-state index is 12.1. The van der Waals surface area contributed by atoms with Crippen LogP contribution >= 0.6 is 0 Å². The van der Waals surface area contributed by atoms with Crippen molar-refractivity contribution in [1.29, 1.82) is 0 Å². The first kappa shape index (κ1) is 16.8. The summed E-state index contributed by atoms with van der Waals surface area (Å²) in [5.74, 6) is 0.760. The number of nitrogens with zero attached hydrogens (tertiary/aromatic N) is 4. The molecule has 0 atom stereocenters. The zero-order chi connectivity index (χ0) is 18.6. The molecule has 0 aliphatic rings. The predicted octanol–water partition coefficient (Wildman–Crippen LogP) is 3.21. The van der Waals surface area contributed by atoms with Crippen molar-refractivity contribution in [1.82, 2.24) is 19.8 Å². The Morgan fingerprint density at radius 1 is 0.815 bits per heavy atom. The number of tetrazole rings is 1. The minimum Gasteiger partial charge on any atom is -0.489 e. The normalized spacial score (nSPS) is 10.7. The number of hydrogen-bond donors (Lipinski definition) is 0. The molecule has 0 unspecified atom stereocenters. The average Bonchev–Trinajstić information content (AvgIpc) is 3.06. The summed E-state index contributed by atoms with van der Waals surface area (Å²) in [6, 6.07) is 25.6. The number of benzene rings is 3. The second kappa shape index (κ2) is 7.29. The van der Waals surface area contributed by atoms with Crippen molar-refractivity contribution in [3.8, 4) is 22.6 Å². The Labute approximate surface area is 156 Å². The molecule has 1 aromatic heterocycles. The highest BCUT2D eigenvalue weighted by Gasteiger charge is 2.11. The topological polar surface area (TPSA) is 61.9 Å². The Balaban J connectivity index is 1.53. The molecule has 0 bridgehead atoms. The van der Waals surface area contributed by atoms with Gasteiger partial charge in [0.1, 0.15) is 12.4 Å². The molecule has 134 valence electrons.